The van der Waals surface area contributed by atoms with Crippen LogP contribution in [0.3, 0.4) is 0 Å². The first kappa shape index (κ1) is 17.3. The molecule has 2 N–H and O–H groups in total. The highest BCUT2D eigenvalue weighted by atomic mass is 35.5. The average molecular weight is 368 g/mol. The molecule has 0 unspecified atom stereocenters. The first-order valence-electron chi connectivity index (χ1n) is 7.96. The molecule has 0 saturated heterocycles. The molecule has 0 spiro atoms. The van der Waals surface area contributed by atoms with Crippen LogP contribution in [0.25, 0.3) is 5.69 Å². The summed E-state index contributed by atoms with van der Waals surface area (Å²) in [4.78, 5) is 12.5. The maximum Gasteiger partial charge on any atom is 0.292 e. The molecule has 0 bridgehead atoms. The van der Waals surface area contributed by atoms with E-state index in [9.17, 15) is 9.90 Å². The third kappa shape index (κ3) is 3.43. The summed E-state index contributed by atoms with van der Waals surface area (Å²) < 4.78 is 1.22. The third-order valence-electron chi connectivity index (χ3n) is 4.39. The summed E-state index contributed by atoms with van der Waals surface area (Å²) in [5.74, 6) is 0. The normalized spacial score (nSPS) is 20.8. The number of benzene rings is 1. The van der Waals surface area contributed by atoms with Gasteiger partial charge in [0.05, 0.1) is 29.7 Å². The quantitative estimate of drug-likeness (QED) is 0.869. The standard InChI is InChI=1S/C17H19Cl2N3O2/c1-10-6-7-11(8-12(10)18)22-17(24)16(19)14(9-20-22)21-13-4-2-3-5-15(13)23/h6-9,13,15,21,23H,2-5H2,1H3/t13-,15-/m0/s1. The van der Waals surface area contributed by atoms with Crippen LogP contribution in [0, 0.1) is 6.92 Å². The van der Waals surface area contributed by atoms with Crippen molar-refractivity contribution in [2.45, 2.75) is 44.8 Å². The van der Waals surface area contributed by atoms with E-state index in [-0.39, 0.29) is 11.1 Å². The Morgan fingerprint density at radius 2 is 2.04 bits per heavy atom. The molecule has 1 aliphatic carbocycles. The average Bonchev–Trinajstić information content (AvgIpc) is 2.57. The van der Waals surface area contributed by atoms with Crippen molar-refractivity contribution in [3.63, 3.8) is 0 Å². The lowest BCUT2D eigenvalue weighted by Gasteiger charge is -2.29. The smallest absolute Gasteiger partial charge is 0.292 e. The van der Waals surface area contributed by atoms with Crippen molar-refractivity contribution in [3.05, 3.63) is 50.4 Å². The van der Waals surface area contributed by atoms with Crippen molar-refractivity contribution in [1.82, 2.24) is 9.78 Å². The minimum atomic E-state index is -0.437. The van der Waals surface area contributed by atoms with Gasteiger partial charge < -0.3 is 10.4 Å². The van der Waals surface area contributed by atoms with E-state index in [2.05, 4.69) is 10.4 Å². The van der Waals surface area contributed by atoms with Gasteiger partial charge in [0.1, 0.15) is 5.02 Å². The zero-order valence-electron chi connectivity index (χ0n) is 13.3. The Kier molecular flexibility index (Phi) is 5.13. The zero-order valence-corrected chi connectivity index (χ0v) is 14.8. The Labute approximate surface area is 150 Å². The number of rotatable bonds is 3. The highest BCUT2D eigenvalue weighted by Gasteiger charge is 2.24. The molecular weight excluding hydrogens is 349 g/mol. The number of aliphatic hydroxyl groups excluding tert-OH is 1. The van der Waals surface area contributed by atoms with Crippen molar-refractivity contribution >= 4 is 28.9 Å². The largest absolute Gasteiger partial charge is 0.391 e. The van der Waals surface area contributed by atoms with Crippen LogP contribution in [0.2, 0.25) is 10.0 Å². The molecule has 1 aliphatic rings. The van der Waals surface area contributed by atoms with Crippen LogP contribution in [0.1, 0.15) is 31.2 Å². The zero-order chi connectivity index (χ0) is 17.3. The predicted octanol–water partition coefficient (Wildman–Crippen LogP) is 3.56. The molecule has 1 aromatic heterocycles. The Balaban J connectivity index is 1.91. The van der Waals surface area contributed by atoms with Gasteiger partial charge >= 0.3 is 0 Å². The van der Waals surface area contributed by atoms with E-state index in [1.165, 1.54) is 10.9 Å². The third-order valence-corrected chi connectivity index (χ3v) is 5.16. The predicted molar refractivity (Wildman–Crippen MR) is 96.5 cm³/mol. The van der Waals surface area contributed by atoms with Gasteiger partial charge in [-0.05, 0) is 37.5 Å². The van der Waals surface area contributed by atoms with Crippen molar-refractivity contribution in [2.75, 3.05) is 5.32 Å². The number of halogens is 2. The number of hydrogen-bond acceptors (Lipinski definition) is 4. The molecule has 128 valence electrons. The van der Waals surface area contributed by atoms with Crippen LogP contribution in [0.4, 0.5) is 5.69 Å². The van der Waals surface area contributed by atoms with Crippen molar-refractivity contribution in [3.8, 4) is 5.69 Å². The number of anilines is 1. The maximum atomic E-state index is 12.5. The van der Waals surface area contributed by atoms with E-state index in [1.807, 2.05) is 13.0 Å². The molecule has 3 rings (SSSR count). The first-order chi connectivity index (χ1) is 11.5. The molecule has 0 radical (unpaired) electrons. The Morgan fingerprint density at radius 3 is 2.75 bits per heavy atom. The fourth-order valence-electron chi connectivity index (χ4n) is 2.91. The summed E-state index contributed by atoms with van der Waals surface area (Å²) in [6, 6.07) is 5.16. The van der Waals surface area contributed by atoms with Crippen LogP contribution >= 0.6 is 23.2 Å². The van der Waals surface area contributed by atoms with Gasteiger partial charge in [0, 0.05) is 5.02 Å². The molecule has 1 fully saturated rings. The topological polar surface area (TPSA) is 67.2 Å². The van der Waals surface area contributed by atoms with Crippen molar-refractivity contribution in [1.29, 1.82) is 0 Å². The molecule has 0 amide bonds. The molecule has 24 heavy (non-hydrogen) atoms. The SMILES string of the molecule is Cc1ccc(-n2ncc(N[C@H]3CCCC[C@@H]3O)c(Cl)c2=O)cc1Cl. The Hall–Kier alpha value is -1.56. The van der Waals surface area contributed by atoms with E-state index in [0.717, 1.165) is 31.2 Å². The fraction of sp³-hybridized carbons (Fsp3) is 0.412. The highest BCUT2D eigenvalue weighted by Crippen LogP contribution is 2.25. The number of hydrogen-bond donors (Lipinski definition) is 2. The first-order valence-corrected chi connectivity index (χ1v) is 8.72. The number of aryl methyl sites for hydroxylation is 1. The van der Waals surface area contributed by atoms with E-state index in [1.54, 1.807) is 12.1 Å². The van der Waals surface area contributed by atoms with Crippen LogP contribution in [-0.2, 0) is 0 Å². The molecule has 1 heterocycles. The summed E-state index contributed by atoms with van der Waals surface area (Å²) in [5.41, 5.74) is 1.50. The number of aromatic nitrogens is 2. The molecular formula is C17H19Cl2N3O2. The van der Waals surface area contributed by atoms with Crippen LogP contribution in [0.5, 0.6) is 0 Å². The van der Waals surface area contributed by atoms with E-state index in [4.69, 9.17) is 23.2 Å². The Morgan fingerprint density at radius 1 is 1.29 bits per heavy atom. The highest BCUT2D eigenvalue weighted by molar-refractivity contribution is 6.33. The van der Waals surface area contributed by atoms with E-state index >= 15 is 0 Å². The summed E-state index contributed by atoms with van der Waals surface area (Å²) in [5, 5.41) is 18.0. The van der Waals surface area contributed by atoms with Gasteiger partial charge in [0.25, 0.3) is 5.56 Å². The second-order valence-corrected chi connectivity index (χ2v) is 6.91. The summed E-state index contributed by atoms with van der Waals surface area (Å²) in [6.07, 6.45) is 4.72. The summed E-state index contributed by atoms with van der Waals surface area (Å²) >= 11 is 12.4. The fourth-order valence-corrected chi connectivity index (χ4v) is 3.27. The monoisotopic (exact) mass is 367 g/mol. The second-order valence-electron chi connectivity index (χ2n) is 6.13. The number of nitrogens with one attached hydrogen (secondary N) is 1. The minimum absolute atomic E-state index is 0.0551. The van der Waals surface area contributed by atoms with E-state index in [0.29, 0.717) is 16.4 Å². The van der Waals surface area contributed by atoms with Gasteiger partial charge in [-0.2, -0.15) is 9.78 Å². The lowest BCUT2D eigenvalue weighted by Crippen LogP contribution is -2.37. The van der Waals surface area contributed by atoms with Gasteiger partial charge in [-0.3, -0.25) is 4.79 Å². The van der Waals surface area contributed by atoms with Crippen molar-refractivity contribution in [2.24, 2.45) is 0 Å². The van der Waals surface area contributed by atoms with Crippen molar-refractivity contribution < 1.29 is 5.11 Å². The van der Waals surface area contributed by atoms with Gasteiger partial charge in [0.15, 0.2) is 0 Å². The minimum Gasteiger partial charge on any atom is -0.391 e. The molecule has 5 nitrogen and oxygen atoms in total. The lowest BCUT2D eigenvalue weighted by atomic mass is 9.92. The lowest BCUT2D eigenvalue weighted by molar-refractivity contribution is 0.116. The number of nitrogens with zero attached hydrogens (tertiary/aromatic N) is 2. The summed E-state index contributed by atoms with van der Waals surface area (Å²) in [7, 11) is 0. The molecule has 1 saturated carbocycles. The van der Waals surface area contributed by atoms with Gasteiger partial charge in [-0.15, -0.1) is 0 Å². The van der Waals surface area contributed by atoms with Gasteiger partial charge in [-0.1, -0.05) is 42.1 Å². The van der Waals surface area contributed by atoms with Gasteiger partial charge in [0.2, 0.25) is 0 Å². The second kappa shape index (κ2) is 7.13. The molecule has 7 heteroatoms. The van der Waals surface area contributed by atoms with Crippen LogP contribution in [0.15, 0.2) is 29.2 Å². The summed E-state index contributed by atoms with van der Waals surface area (Å²) in [6.45, 7) is 1.89. The molecule has 2 aromatic rings. The Bertz CT molecular complexity index is 807. The van der Waals surface area contributed by atoms with E-state index < -0.39 is 11.7 Å². The van der Waals surface area contributed by atoms with Crippen LogP contribution in [-0.4, -0.2) is 27.0 Å². The molecule has 1 aromatic carbocycles. The van der Waals surface area contributed by atoms with Gasteiger partial charge in [-0.25, -0.2) is 0 Å². The molecule has 2 atom stereocenters. The maximum absolute atomic E-state index is 12.5. The molecule has 0 aliphatic heterocycles. The number of aliphatic hydroxyl groups is 1. The van der Waals surface area contributed by atoms with Crippen LogP contribution < -0.4 is 10.9 Å².